The predicted molar refractivity (Wildman–Crippen MR) is 266 cm³/mol. The minimum Gasteiger partial charge on any atom is -0.462 e. The van der Waals surface area contributed by atoms with Crippen LogP contribution in [0.15, 0.2) is 12.2 Å². The maximum Gasteiger partial charge on any atom is 0.306 e. The second kappa shape index (κ2) is 51.8. The molecule has 0 N–H and O–H groups in total. The van der Waals surface area contributed by atoms with Crippen LogP contribution in [0.25, 0.3) is 0 Å². The number of esters is 3. The van der Waals surface area contributed by atoms with Gasteiger partial charge in [-0.1, -0.05) is 258 Å². The van der Waals surface area contributed by atoms with E-state index in [-0.39, 0.29) is 31.1 Å². The quantitative estimate of drug-likeness (QED) is 0.0262. The molecule has 0 aromatic rings. The van der Waals surface area contributed by atoms with Gasteiger partial charge in [-0.2, -0.15) is 0 Å². The van der Waals surface area contributed by atoms with Gasteiger partial charge in [0.15, 0.2) is 6.10 Å². The van der Waals surface area contributed by atoms with Crippen LogP contribution in [-0.4, -0.2) is 37.2 Å². The van der Waals surface area contributed by atoms with Gasteiger partial charge in [0, 0.05) is 19.3 Å². The van der Waals surface area contributed by atoms with Crippen molar-refractivity contribution in [2.24, 2.45) is 0 Å². The first-order chi connectivity index (χ1) is 30.5. The smallest absolute Gasteiger partial charge is 0.306 e. The SMILES string of the molecule is CCCCCCCCC/C=C\CCCCCCCC(=O)OCC(COC(=O)CCCCCCCCCCCCCCC)OC(=O)CCCCCCCCCCCCCCCCC. The third-order valence-corrected chi connectivity index (χ3v) is 12.5. The van der Waals surface area contributed by atoms with Gasteiger partial charge < -0.3 is 14.2 Å². The summed E-state index contributed by atoms with van der Waals surface area (Å²) < 4.78 is 16.8. The third-order valence-electron chi connectivity index (χ3n) is 12.5. The van der Waals surface area contributed by atoms with Gasteiger partial charge >= 0.3 is 17.9 Å². The zero-order valence-corrected chi connectivity index (χ0v) is 41.9. The Morgan fingerprint density at radius 1 is 0.306 bits per heavy atom. The molecule has 0 heterocycles. The summed E-state index contributed by atoms with van der Waals surface area (Å²) in [6.07, 6.45) is 57.6. The molecule has 0 saturated heterocycles. The molecule has 1 unspecified atom stereocenters. The lowest BCUT2D eigenvalue weighted by atomic mass is 10.0. The largest absolute Gasteiger partial charge is 0.462 e. The summed E-state index contributed by atoms with van der Waals surface area (Å²) in [6.45, 7) is 6.68. The van der Waals surface area contributed by atoms with Gasteiger partial charge in [0.05, 0.1) is 0 Å². The molecule has 0 aliphatic carbocycles. The van der Waals surface area contributed by atoms with Gasteiger partial charge in [0.1, 0.15) is 13.2 Å². The Balaban J connectivity index is 4.33. The molecule has 0 fully saturated rings. The van der Waals surface area contributed by atoms with Crippen LogP contribution in [0.4, 0.5) is 0 Å². The number of hydrogen-bond donors (Lipinski definition) is 0. The molecular weight excluding hydrogens is 769 g/mol. The standard InChI is InChI=1S/C56H106O6/c1-4-7-10-13-16-19-22-25-27-29-31-34-37-40-43-46-49-55(58)61-52-53(51-60-54(57)48-45-42-39-36-33-30-24-21-18-15-12-9-6-3)62-56(59)50-47-44-41-38-35-32-28-26-23-20-17-14-11-8-5-2/h27,29,53H,4-26,28,30-52H2,1-3H3/b29-27-. The summed E-state index contributed by atoms with van der Waals surface area (Å²) in [5, 5.41) is 0. The van der Waals surface area contributed by atoms with E-state index in [0.717, 1.165) is 64.2 Å². The van der Waals surface area contributed by atoms with Crippen molar-refractivity contribution in [1.82, 2.24) is 0 Å². The number of rotatable bonds is 51. The van der Waals surface area contributed by atoms with Crippen molar-refractivity contribution in [3.63, 3.8) is 0 Å². The highest BCUT2D eigenvalue weighted by Crippen LogP contribution is 2.17. The second-order valence-corrected chi connectivity index (χ2v) is 18.9. The van der Waals surface area contributed by atoms with Crippen LogP contribution in [0.2, 0.25) is 0 Å². The van der Waals surface area contributed by atoms with E-state index in [9.17, 15) is 14.4 Å². The number of hydrogen-bond acceptors (Lipinski definition) is 6. The van der Waals surface area contributed by atoms with Crippen molar-refractivity contribution >= 4 is 17.9 Å². The van der Waals surface area contributed by atoms with Crippen LogP contribution in [0.3, 0.4) is 0 Å². The molecule has 0 saturated carbocycles. The van der Waals surface area contributed by atoms with E-state index >= 15 is 0 Å². The van der Waals surface area contributed by atoms with Crippen LogP contribution in [0, 0.1) is 0 Å². The number of allylic oxidation sites excluding steroid dienone is 2. The van der Waals surface area contributed by atoms with E-state index in [1.165, 1.54) is 205 Å². The van der Waals surface area contributed by atoms with E-state index in [0.29, 0.717) is 19.3 Å². The summed E-state index contributed by atoms with van der Waals surface area (Å²) in [5.41, 5.74) is 0. The van der Waals surface area contributed by atoms with Gasteiger partial charge in [0.25, 0.3) is 0 Å². The molecule has 0 aromatic heterocycles. The normalized spacial score (nSPS) is 12.0. The Labute approximate surface area is 386 Å². The van der Waals surface area contributed by atoms with Crippen LogP contribution >= 0.6 is 0 Å². The van der Waals surface area contributed by atoms with Crippen LogP contribution < -0.4 is 0 Å². The molecule has 0 spiro atoms. The molecular formula is C56H106O6. The van der Waals surface area contributed by atoms with E-state index in [2.05, 4.69) is 32.9 Å². The molecule has 0 bridgehead atoms. The highest BCUT2D eigenvalue weighted by Gasteiger charge is 2.19. The summed E-state index contributed by atoms with van der Waals surface area (Å²) in [7, 11) is 0. The topological polar surface area (TPSA) is 78.9 Å². The molecule has 366 valence electrons. The lowest BCUT2D eigenvalue weighted by molar-refractivity contribution is -0.167. The van der Waals surface area contributed by atoms with Gasteiger partial charge in [-0.05, 0) is 44.9 Å². The molecule has 1 atom stereocenters. The Kier molecular flexibility index (Phi) is 50.2. The molecule has 6 heteroatoms. The molecule has 6 nitrogen and oxygen atoms in total. The summed E-state index contributed by atoms with van der Waals surface area (Å²) in [6, 6.07) is 0. The number of ether oxygens (including phenoxy) is 3. The molecule has 0 radical (unpaired) electrons. The minimum atomic E-state index is -0.766. The monoisotopic (exact) mass is 875 g/mol. The van der Waals surface area contributed by atoms with E-state index in [1.807, 2.05) is 0 Å². The van der Waals surface area contributed by atoms with Gasteiger partial charge in [-0.3, -0.25) is 14.4 Å². The molecule has 0 aliphatic rings. The Hall–Kier alpha value is -1.85. The third kappa shape index (κ3) is 49.2. The van der Waals surface area contributed by atoms with Gasteiger partial charge in [-0.25, -0.2) is 0 Å². The number of unbranched alkanes of at least 4 members (excludes halogenated alkanes) is 38. The van der Waals surface area contributed by atoms with Crippen molar-refractivity contribution in [3.05, 3.63) is 12.2 Å². The fourth-order valence-electron chi connectivity index (χ4n) is 8.32. The first kappa shape index (κ1) is 60.2. The fourth-order valence-corrected chi connectivity index (χ4v) is 8.32. The first-order valence-electron chi connectivity index (χ1n) is 27.7. The summed E-state index contributed by atoms with van der Waals surface area (Å²) in [5.74, 6) is -0.854. The highest BCUT2D eigenvalue weighted by atomic mass is 16.6. The van der Waals surface area contributed by atoms with E-state index < -0.39 is 6.10 Å². The fraction of sp³-hybridized carbons (Fsp3) is 0.911. The number of carbonyl (C=O) groups excluding carboxylic acids is 3. The highest BCUT2D eigenvalue weighted by molar-refractivity contribution is 5.71. The maximum atomic E-state index is 12.8. The summed E-state index contributed by atoms with van der Waals surface area (Å²) in [4.78, 5) is 38.0. The van der Waals surface area contributed by atoms with Gasteiger partial charge in [-0.15, -0.1) is 0 Å². The lowest BCUT2D eigenvalue weighted by Crippen LogP contribution is -2.30. The minimum absolute atomic E-state index is 0.0668. The predicted octanol–water partition coefficient (Wildman–Crippen LogP) is 18.2. The van der Waals surface area contributed by atoms with Crippen LogP contribution in [-0.2, 0) is 28.6 Å². The Bertz CT molecular complexity index is 962. The van der Waals surface area contributed by atoms with Gasteiger partial charge in [0.2, 0.25) is 0 Å². The zero-order chi connectivity index (χ0) is 45.1. The van der Waals surface area contributed by atoms with Crippen molar-refractivity contribution in [1.29, 1.82) is 0 Å². The second-order valence-electron chi connectivity index (χ2n) is 18.9. The molecule has 0 rings (SSSR count). The lowest BCUT2D eigenvalue weighted by Gasteiger charge is -2.18. The van der Waals surface area contributed by atoms with Crippen LogP contribution in [0.1, 0.15) is 310 Å². The average molecular weight is 875 g/mol. The van der Waals surface area contributed by atoms with E-state index in [4.69, 9.17) is 14.2 Å². The number of carbonyl (C=O) groups is 3. The van der Waals surface area contributed by atoms with Crippen molar-refractivity contribution in [3.8, 4) is 0 Å². The zero-order valence-electron chi connectivity index (χ0n) is 41.9. The summed E-state index contributed by atoms with van der Waals surface area (Å²) >= 11 is 0. The van der Waals surface area contributed by atoms with E-state index in [1.54, 1.807) is 0 Å². The Morgan fingerprint density at radius 2 is 0.532 bits per heavy atom. The van der Waals surface area contributed by atoms with Crippen molar-refractivity contribution in [2.45, 2.75) is 316 Å². The maximum absolute atomic E-state index is 12.8. The Morgan fingerprint density at radius 3 is 0.806 bits per heavy atom. The molecule has 0 aromatic carbocycles. The average Bonchev–Trinajstić information content (AvgIpc) is 3.27. The molecule has 0 amide bonds. The van der Waals surface area contributed by atoms with Crippen molar-refractivity contribution in [2.75, 3.05) is 13.2 Å². The van der Waals surface area contributed by atoms with Crippen LogP contribution in [0.5, 0.6) is 0 Å². The van der Waals surface area contributed by atoms with Crippen molar-refractivity contribution < 1.29 is 28.6 Å². The molecule has 0 aliphatic heterocycles. The first-order valence-corrected chi connectivity index (χ1v) is 27.7. The molecule has 62 heavy (non-hydrogen) atoms.